The van der Waals surface area contributed by atoms with Gasteiger partial charge in [-0.2, -0.15) is 13.2 Å². The van der Waals surface area contributed by atoms with Gasteiger partial charge >= 0.3 is 12.2 Å². The summed E-state index contributed by atoms with van der Waals surface area (Å²) in [4.78, 5) is 28.0. The van der Waals surface area contributed by atoms with Crippen molar-refractivity contribution >= 4 is 11.9 Å². The van der Waals surface area contributed by atoms with E-state index < -0.39 is 23.8 Å². The Balaban J connectivity index is 2.03. The summed E-state index contributed by atoms with van der Waals surface area (Å²) < 4.78 is 38.3. The third kappa shape index (κ3) is 4.89. The number of benzene rings is 1. The van der Waals surface area contributed by atoms with Gasteiger partial charge in [0.25, 0.3) is 0 Å². The van der Waals surface area contributed by atoms with E-state index in [-0.39, 0.29) is 12.5 Å². The smallest absolute Gasteiger partial charge is 0.342 e. The molecule has 1 atom stereocenters. The zero-order chi connectivity index (χ0) is 19.3. The fourth-order valence-corrected chi connectivity index (χ4v) is 2.97. The highest BCUT2D eigenvalue weighted by Crippen LogP contribution is 2.29. The van der Waals surface area contributed by atoms with Gasteiger partial charge in [-0.3, -0.25) is 4.79 Å². The van der Waals surface area contributed by atoms with Crippen LogP contribution in [0.4, 0.5) is 18.0 Å². The number of rotatable bonds is 5. The maximum Gasteiger partial charge on any atom is 0.416 e. The summed E-state index contributed by atoms with van der Waals surface area (Å²) in [6.07, 6.45) is -2.11. The number of nitrogens with zero attached hydrogens (tertiary/aromatic N) is 2. The molecule has 1 heterocycles. The first-order valence-corrected chi connectivity index (χ1v) is 8.69. The van der Waals surface area contributed by atoms with Gasteiger partial charge in [-0.15, -0.1) is 0 Å². The minimum absolute atomic E-state index is 0.0240. The van der Waals surface area contributed by atoms with E-state index in [0.717, 1.165) is 25.0 Å². The van der Waals surface area contributed by atoms with Gasteiger partial charge in [0.05, 0.1) is 5.56 Å². The normalized spacial score (nSPS) is 18.2. The van der Waals surface area contributed by atoms with E-state index in [0.29, 0.717) is 25.1 Å². The SMILES string of the molecule is CCCC[C@@H]1C(=O)N(C)CCN1C(=O)NCc1cccc(C(F)(F)F)c1. The summed E-state index contributed by atoms with van der Waals surface area (Å²) >= 11 is 0. The first-order valence-electron chi connectivity index (χ1n) is 8.69. The lowest BCUT2D eigenvalue weighted by molar-refractivity contribution is -0.139. The molecular weight excluding hydrogens is 347 g/mol. The van der Waals surface area contributed by atoms with E-state index in [2.05, 4.69) is 5.32 Å². The lowest BCUT2D eigenvalue weighted by atomic mass is 10.0. The van der Waals surface area contributed by atoms with Crippen LogP contribution in [0.2, 0.25) is 0 Å². The Morgan fingerprint density at radius 1 is 1.31 bits per heavy atom. The summed E-state index contributed by atoms with van der Waals surface area (Å²) in [7, 11) is 1.71. The van der Waals surface area contributed by atoms with Gasteiger partial charge in [-0.1, -0.05) is 31.9 Å². The van der Waals surface area contributed by atoms with Crippen LogP contribution < -0.4 is 5.32 Å². The molecule has 1 aliphatic rings. The number of unbranched alkanes of at least 4 members (excludes halogenated alkanes) is 1. The number of halogens is 3. The highest BCUT2D eigenvalue weighted by molar-refractivity contribution is 5.88. The molecule has 1 saturated heterocycles. The molecule has 3 amide bonds. The molecule has 0 bridgehead atoms. The standard InChI is InChI=1S/C18H24F3N3O2/c1-3-4-8-15-16(25)23(2)9-10-24(15)17(26)22-12-13-6-5-7-14(11-13)18(19,20)21/h5-7,11,15H,3-4,8-10,12H2,1-2H3,(H,22,26)/t15-/m1/s1. The number of hydrogen-bond acceptors (Lipinski definition) is 2. The fourth-order valence-electron chi connectivity index (χ4n) is 2.97. The van der Waals surface area contributed by atoms with Crippen LogP contribution in [0.15, 0.2) is 24.3 Å². The van der Waals surface area contributed by atoms with E-state index in [1.54, 1.807) is 11.9 Å². The third-order valence-electron chi connectivity index (χ3n) is 4.50. The van der Waals surface area contributed by atoms with Gasteiger partial charge in [0.15, 0.2) is 0 Å². The Morgan fingerprint density at radius 2 is 2.04 bits per heavy atom. The third-order valence-corrected chi connectivity index (χ3v) is 4.50. The predicted octanol–water partition coefficient (Wildman–Crippen LogP) is 3.25. The molecule has 2 rings (SSSR count). The molecule has 0 spiro atoms. The minimum atomic E-state index is -4.42. The predicted molar refractivity (Wildman–Crippen MR) is 91.3 cm³/mol. The number of hydrogen-bond donors (Lipinski definition) is 1. The first kappa shape index (κ1) is 20.1. The molecule has 144 valence electrons. The molecule has 8 heteroatoms. The highest BCUT2D eigenvalue weighted by atomic mass is 19.4. The molecule has 1 N–H and O–H groups in total. The molecule has 0 aliphatic carbocycles. The zero-order valence-electron chi connectivity index (χ0n) is 15.0. The first-order chi connectivity index (χ1) is 12.2. The van der Waals surface area contributed by atoms with Crippen molar-refractivity contribution in [1.29, 1.82) is 0 Å². The molecule has 0 radical (unpaired) electrons. The highest BCUT2D eigenvalue weighted by Gasteiger charge is 2.35. The van der Waals surface area contributed by atoms with Crippen LogP contribution in [0.25, 0.3) is 0 Å². The number of carbonyl (C=O) groups excluding carboxylic acids is 2. The Labute approximate surface area is 151 Å². The molecular formula is C18H24F3N3O2. The van der Waals surface area contributed by atoms with E-state index >= 15 is 0 Å². The summed E-state index contributed by atoms with van der Waals surface area (Å²) in [5, 5.41) is 2.64. The Bertz CT molecular complexity index is 649. The molecule has 1 aliphatic heterocycles. The van der Waals surface area contributed by atoms with Crippen LogP contribution in [0, 0.1) is 0 Å². The number of likely N-dealkylation sites (N-methyl/N-ethyl adjacent to an activating group) is 1. The topological polar surface area (TPSA) is 52.7 Å². The summed E-state index contributed by atoms with van der Waals surface area (Å²) in [6, 6.07) is 3.91. The number of amides is 3. The van der Waals surface area contributed by atoms with Crippen molar-refractivity contribution in [2.75, 3.05) is 20.1 Å². The van der Waals surface area contributed by atoms with Gasteiger partial charge in [-0.25, -0.2) is 4.79 Å². The molecule has 26 heavy (non-hydrogen) atoms. The van der Waals surface area contributed by atoms with Gasteiger partial charge in [-0.05, 0) is 24.1 Å². The van der Waals surface area contributed by atoms with E-state index in [4.69, 9.17) is 0 Å². The van der Waals surface area contributed by atoms with Crippen LogP contribution in [-0.4, -0.2) is 47.9 Å². The number of urea groups is 1. The average molecular weight is 371 g/mol. The Morgan fingerprint density at radius 3 is 2.69 bits per heavy atom. The van der Waals surface area contributed by atoms with E-state index in [1.807, 2.05) is 6.92 Å². The van der Waals surface area contributed by atoms with Crippen molar-refractivity contribution < 1.29 is 22.8 Å². The number of piperazine rings is 1. The van der Waals surface area contributed by atoms with Gasteiger partial charge in [0, 0.05) is 26.7 Å². The molecule has 1 aromatic rings. The van der Waals surface area contributed by atoms with Crippen LogP contribution in [-0.2, 0) is 17.5 Å². The molecule has 0 saturated carbocycles. The monoisotopic (exact) mass is 371 g/mol. The van der Waals surface area contributed by atoms with Crippen LogP contribution >= 0.6 is 0 Å². The van der Waals surface area contributed by atoms with Crippen LogP contribution in [0.1, 0.15) is 37.3 Å². The second-order valence-corrected chi connectivity index (χ2v) is 6.47. The number of nitrogens with one attached hydrogen (secondary N) is 1. The van der Waals surface area contributed by atoms with Crippen molar-refractivity contribution in [3.63, 3.8) is 0 Å². The fraction of sp³-hybridized carbons (Fsp3) is 0.556. The maximum atomic E-state index is 12.8. The van der Waals surface area contributed by atoms with Crippen LogP contribution in [0.5, 0.6) is 0 Å². The van der Waals surface area contributed by atoms with Crippen LogP contribution in [0.3, 0.4) is 0 Å². The lowest BCUT2D eigenvalue weighted by Gasteiger charge is -2.39. The molecule has 5 nitrogen and oxygen atoms in total. The van der Waals surface area contributed by atoms with Crippen molar-refractivity contribution in [2.24, 2.45) is 0 Å². The van der Waals surface area contributed by atoms with Gasteiger partial charge < -0.3 is 15.1 Å². The Kier molecular flexibility index (Phi) is 6.50. The molecule has 0 unspecified atom stereocenters. The van der Waals surface area contributed by atoms with Gasteiger partial charge in [0.2, 0.25) is 5.91 Å². The maximum absolute atomic E-state index is 12.8. The van der Waals surface area contributed by atoms with Crippen molar-refractivity contribution in [1.82, 2.24) is 15.1 Å². The molecule has 1 fully saturated rings. The minimum Gasteiger partial charge on any atom is -0.342 e. The summed E-state index contributed by atoms with van der Waals surface area (Å²) in [5.41, 5.74) is -0.390. The lowest BCUT2D eigenvalue weighted by Crippen LogP contribution is -2.59. The van der Waals surface area contributed by atoms with E-state index in [9.17, 15) is 22.8 Å². The quantitative estimate of drug-likeness (QED) is 0.864. The van der Waals surface area contributed by atoms with E-state index in [1.165, 1.54) is 17.0 Å². The zero-order valence-corrected chi connectivity index (χ0v) is 15.0. The largest absolute Gasteiger partial charge is 0.416 e. The van der Waals surface area contributed by atoms with Crippen molar-refractivity contribution in [3.8, 4) is 0 Å². The second-order valence-electron chi connectivity index (χ2n) is 6.47. The summed E-state index contributed by atoms with van der Waals surface area (Å²) in [5.74, 6) is -0.0982. The van der Waals surface area contributed by atoms with Gasteiger partial charge in [0.1, 0.15) is 6.04 Å². The average Bonchev–Trinajstić information content (AvgIpc) is 2.60. The van der Waals surface area contributed by atoms with Crippen molar-refractivity contribution in [3.05, 3.63) is 35.4 Å². The Hall–Kier alpha value is -2.25. The summed E-state index contributed by atoms with van der Waals surface area (Å²) in [6.45, 7) is 2.84. The van der Waals surface area contributed by atoms with Crippen molar-refractivity contribution in [2.45, 2.75) is 44.9 Å². The second kappa shape index (κ2) is 8.42. The number of alkyl halides is 3. The molecule has 1 aromatic carbocycles. The molecule has 0 aromatic heterocycles. The number of carbonyl (C=O) groups is 2.